The molecule has 0 aromatic carbocycles. The van der Waals surface area contributed by atoms with Gasteiger partial charge in [0.25, 0.3) is 0 Å². The molecule has 6 nitrogen and oxygen atoms in total. The fraction of sp³-hybridized carbons (Fsp3) is 0.714. The van der Waals surface area contributed by atoms with Crippen molar-refractivity contribution in [2.75, 3.05) is 25.5 Å². The molecular formula is C14H23N5O. The topological polar surface area (TPSA) is 62.2 Å². The summed E-state index contributed by atoms with van der Waals surface area (Å²) < 4.78 is 1.70. The molecule has 3 rings (SSSR count). The molecule has 6 heteroatoms. The van der Waals surface area contributed by atoms with E-state index in [9.17, 15) is 4.79 Å². The summed E-state index contributed by atoms with van der Waals surface area (Å²) in [5.41, 5.74) is 1.00. The second-order valence-electron chi connectivity index (χ2n) is 6.01. The molecule has 2 heterocycles. The molecule has 0 radical (unpaired) electrons. The van der Waals surface area contributed by atoms with Crippen molar-refractivity contribution >= 4 is 11.6 Å². The number of likely N-dealkylation sites (tertiary alicyclic amines) is 1. The fourth-order valence-corrected chi connectivity index (χ4v) is 2.69. The summed E-state index contributed by atoms with van der Waals surface area (Å²) in [6, 6.07) is 0.889. The smallest absolute Gasteiger partial charge is 0.241 e. The summed E-state index contributed by atoms with van der Waals surface area (Å²) in [6.45, 7) is 2.55. The van der Waals surface area contributed by atoms with Crippen LogP contribution < -0.4 is 10.6 Å². The average molecular weight is 277 g/mol. The second kappa shape index (κ2) is 5.83. The lowest BCUT2D eigenvalue weighted by Crippen LogP contribution is -2.39. The van der Waals surface area contributed by atoms with E-state index >= 15 is 0 Å². The molecule has 0 spiro atoms. The molecule has 2 aliphatic rings. The van der Waals surface area contributed by atoms with Crippen molar-refractivity contribution in [2.24, 2.45) is 0 Å². The minimum Gasteiger partial charge on any atom is -0.378 e. The van der Waals surface area contributed by atoms with Crippen LogP contribution in [0, 0.1) is 0 Å². The molecule has 2 fully saturated rings. The normalized spacial score (nSPS) is 23.6. The number of nitrogens with one attached hydrogen (secondary N) is 2. The van der Waals surface area contributed by atoms with Crippen LogP contribution in [-0.2, 0) is 11.3 Å². The molecule has 1 amide bonds. The summed E-state index contributed by atoms with van der Waals surface area (Å²) in [5, 5.41) is 10.7. The Labute approximate surface area is 119 Å². The van der Waals surface area contributed by atoms with E-state index in [0.717, 1.165) is 25.1 Å². The van der Waals surface area contributed by atoms with Crippen LogP contribution in [0.15, 0.2) is 12.4 Å². The molecule has 1 aliphatic heterocycles. The van der Waals surface area contributed by atoms with Gasteiger partial charge in [-0.05, 0) is 39.3 Å². The summed E-state index contributed by atoms with van der Waals surface area (Å²) in [6.07, 6.45) is 8.38. The second-order valence-corrected chi connectivity index (χ2v) is 6.01. The van der Waals surface area contributed by atoms with Gasteiger partial charge in [0.05, 0.1) is 11.9 Å². The summed E-state index contributed by atoms with van der Waals surface area (Å²) in [4.78, 5) is 14.0. The minimum atomic E-state index is 0.0551. The number of hydrogen-bond acceptors (Lipinski definition) is 4. The van der Waals surface area contributed by atoms with Crippen LogP contribution >= 0.6 is 0 Å². The van der Waals surface area contributed by atoms with E-state index in [-0.39, 0.29) is 5.91 Å². The molecule has 0 bridgehead atoms. The highest BCUT2D eigenvalue weighted by atomic mass is 16.2. The Kier molecular flexibility index (Phi) is 3.91. The fourth-order valence-electron chi connectivity index (χ4n) is 2.69. The van der Waals surface area contributed by atoms with Crippen LogP contribution in [0.4, 0.5) is 5.69 Å². The molecule has 1 unspecified atom stereocenters. The van der Waals surface area contributed by atoms with Crippen molar-refractivity contribution in [3.8, 4) is 0 Å². The van der Waals surface area contributed by atoms with Gasteiger partial charge in [0, 0.05) is 24.8 Å². The van der Waals surface area contributed by atoms with Gasteiger partial charge in [-0.25, -0.2) is 0 Å². The van der Waals surface area contributed by atoms with Gasteiger partial charge >= 0.3 is 0 Å². The number of carbonyl (C=O) groups is 1. The van der Waals surface area contributed by atoms with Gasteiger partial charge in [-0.3, -0.25) is 9.48 Å². The van der Waals surface area contributed by atoms with Crippen molar-refractivity contribution < 1.29 is 4.79 Å². The zero-order chi connectivity index (χ0) is 13.9. The lowest BCUT2D eigenvalue weighted by atomic mass is 10.1. The van der Waals surface area contributed by atoms with Crippen LogP contribution in [0.25, 0.3) is 0 Å². The molecule has 1 saturated heterocycles. The van der Waals surface area contributed by atoms with Crippen LogP contribution in [0.1, 0.15) is 25.7 Å². The van der Waals surface area contributed by atoms with E-state index in [0.29, 0.717) is 18.6 Å². The molecule has 1 aromatic rings. The predicted octanol–water partition coefficient (Wildman–Crippen LogP) is 0.668. The molecule has 1 atom stereocenters. The monoisotopic (exact) mass is 277 g/mol. The number of anilines is 1. The molecule has 1 aromatic heterocycles. The van der Waals surface area contributed by atoms with E-state index in [1.807, 2.05) is 6.20 Å². The van der Waals surface area contributed by atoms with Crippen LogP contribution in [0.2, 0.25) is 0 Å². The van der Waals surface area contributed by atoms with Gasteiger partial charge in [-0.1, -0.05) is 0 Å². The van der Waals surface area contributed by atoms with Crippen molar-refractivity contribution in [3.05, 3.63) is 12.4 Å². The molecule has 20 heavy (non-hydrogen) atoms. The van der Waals surface area contributed by atoms with Crippen molar-refractivity contribution in [3.63, 3.8) is 0 Å². The first-order chi connectivity index (χ1) is 9.69. The zero-order valence-electron chi connectivity index (χ0n) is 12.0. The maximum absolute atomic E-state index is 11.7. The zero-order valence-corrected chi connectivity index (χ0v) is 12.0. The number of hydrogen-bond donors (Lipinski definition) is 2. The van der Waals surface area contributed by atoms with Crippen molar-refractivity contribution in [1.82, 2.24) is 20.0 Å². The predicted molar refractivity (Wildman–Crippen MR) is 77.5 cm³/mol. The number of carbonyl (C=O) groups excluding carboxylic acids is 1. The number of rotatable bonds is 5. The van der Waals surface area contributed by atoms with E-state index in [4.69, 9.17) is 0 Å². The van der Waals surface area contributed by atoms with Crippen molar-refractivity contribution in [2.45, 2.75) is 44.3 Å². The van der Waals surface area contributed by atoms with E-state index < -0.39 is 0 Å². The van der Waals surface area contributed by atoms with Gasteiger partial charge in [0.15, 0.2) is 0 Å². The Morgan fingerprint density at radius 2 is 2.25 bits per heavy atom. The highest BCUT2D eigenvalue weighted by Crippen LogP contribution is 2.18. The summed E-state index contributed by atoms with van der Waals surface area (Å²) >= 11 is 0. The minimum absolute atomic E-state index is 0.0551. The summed E-state index contributed by atoms with van der Waals surface area (Å²) in [5.74, 6) is 0.0551. The Balaban J connectivity index is 1.49. The first kappa shape index (κ1) is 13.4. The Hall–Kier alpha value is -1.56. The van der Waals surface area contributed by atoms with Gasteiger partial charge in [-0.2, -0.15) is 5.10 Å². The van der Waals surface area contributed by atoms with Crippen LogP contribution in [0.3, 0.4) is 0 Å². The maximum Gasteiger partial charge on any atom is 0.241 e. The first-order valence-electron chi connectivity index (χ1n) is 7.46. The maximum atomic E-state index is 11.7. The number of piperidine rings is 1. The Bertz CT molecular complexity index is 468. The Morgan fingerprint density at radius 3 is 3.00 bits per heavy atom. The third kappa shape index (κ3) is 3.72. The highest BCUT2D eigenvalue weighted by molar-refractivity contribution is 5.76. The van der Waals surface area contributed by atoms with Crippen LogP contribution in [-0.4, -0.2) is 52.8 Å². The summed E-state index contributed by atoms with van der Waals surface area (Å²) in [7, 11) is 2.15. The highest BCUT2D eigenvalue weighted by Gasteiger charge is 2.23. The standard InChI is InChI=1S/C14H23N5O/c1-18-6-2-3-12(8-18)16-13-7-15-19(9-13)10-14(20)17-11-4-5-11/h7,9,11-12,16H,2-6,8,10H2,1H3,(H,17,20). The number of nitrogens with zero attached hydrogens (tertiary/aromatic N) is 3. The van der Waals surface area contributed by atoms with E-state index in [1.54, 1.807) is 10.9 Å². The first-order valence-corrected chi connectivity index (χ1v) is 7.46. The van der Waals surface area contributed by atoms with Crippen LogP contribution in [0.5, 0.6) is 0 Å². The third-order valence-corrected chi connectivity index (χ3v) is 3.88. The third-order valence-electron chi connectivity index (χ3n) is 3.88. The molecule has 2 N–H and O–H groups in total. The van der Waals surface area contributed by atoms with Crippen molar-refractivity contribution in [1.29, 1.82) is 0 Å². The molecular weight excluding hydrogens is 254 g/mol. The molecule has 1 saturated carbocycles. The molecule has 110 valence electrons. The van der Waals surface area contributed by atoms with Gasteiger partial charge < -0.3 is 15.5 Å². The van der Waals surface area contributed by atoms with E-state index in [1.165, 1.54) is 19.4 Å². The van der Waals surface area contributed by atoms with Gasteiger partial charge in [0.1, 0.15) is 6.54 Å². The number of likely N-dealkylation sites (N-methyl/N-ethyl adjacent to an activating group) is 1. The SMILES string of the molecule is CN1CCCC(Nc2cnn(CC(=O)NC3CC3)c2)C1. The quantitative estimate of drug-likeness (QED) is 0.830. The average Bonchev–Trinajstić information content (AvgIpc) is 3.09. The Morgan fingerprint density at radius 1 is 1.40 bits per heavy atom. The lowest BCUT2D eigenvalue weighted by molar-refractivity contribution is -0.122. The number of aromatic nitrogens is 2. The number of amides is 1. The lowest BCUT2D eigenvalue weighted by Gasteiger charge is -2.30. The van der Waals surface area contributed by atoms with E-state index in [2.05, 4.69) is 27.7 Å². The largest absolute Gasteiger partial charge is 0.378 e. The molecule has 1 aliphatic carbocycles. The van der Waals surface area contributed by atoms with Gasteiger partial charge in [0.2, 0.25) is 5.91 Å². The van der Waals surface area contributed by atoms with Gasteiger partial charge in [-0.15, -0.1) is 0 Å².